The summed E-state index contributed by atoms with van der Waals surface area (Å²) in [6.45, 7) is 1.01. The molecule has 39 heavy (non-hydrogen) atoms. The molecule has 0 spiro atoms. The normalized spacial score (nSPS) is 29.5. The Balaban J connectivity index is -0.00000324. The third-order valence-corrected chi connectivity index (χ3v) is 5.42. The second-order valence-corrected chi connectivity index (χ2v) is 10.8. The smallest absolute Gasteiger partial charge is 0.502 e. The van der Waals surface area contributed by atoms with Crippen LogP contribution in [-0.2, 0) is 88.4 Å². The molecular formula is C17H18Na4O10S8. The second-order valence-electron chi connectivity index (χ2n) is 6.84. The van der Waals surface area contributed by atoms with Gasteiger partial charge < -0.3 is 147 Å². The molecule has 8 unspecified atom stereocenters. The average Bonchev–Trinajstić information content (AvgIpc) is 2.75. The molecule has 198 valence electrons. The molecule has 0 bridgehead atoms. The molecule has 0 aromatic heterocycles. The number of rotatable bonds is 8. The van der Waals surface area contributed by atoms with Gasteiger partial charge in [0.15, 0.2) is 23.7 Å². The molecule has 2 aliphatic heterocycles. The molecule has 0 amide bonds. The number of ether oxygens (including phenoxy) is 8. The van der Waals surface area contributed by atoms with Crippen LogP contribution in [0.5, 0.6) is 0 Å². The van der Waals surface area contributed by atoms with Gasteiger partial charge in [0, 0.05) is 30.6 Å². The molecular weight excluding hydrogens is 713 g/mol. The summed E-state index contributed by atoms with van der Waals surface area (Å²) in [5.41, 5.74) is 0. The molecule has 2 rings (SSSR count). The monoisotopic (exact) mass is 730 g/mol. The van der Waals surface area contributed by atoms with Crippen molar-refractivity contribution >= 4 is 117 Å². The van der Waals surface area contributed by atoms with Crippen molar-refractivity contribution < 1.29 is 166 Å². The summed E-state index contributed by atoms with van der Waals surface area (Å²) in [4.78, 5) is 0. The third-order valence-electron chi connectivity index (χ3n) is 4.70. The van der Waals surface area contributed by atoms with Crippen molar-refractivity contribution in [2.24, 2.45) is 5.92 Å². The van der Waals surface area contributed by atoms with Gasteiger partial charge in [-0.05, 0) is 0 Å². The molecule has 1 fully saturated rings. The number of aliphatic hydroxyl groups is 2. The zero-order valence-corrected chi connectivity index (χ0v) is 36.3. The van der Waals surface area contributed by atoms with Crippen LogP contribution in [0.15, 0.2) is 11.5 Å². The Morgan fingerprint density at radius 3 is 1.77 bits per heavy atom. The second kappa shape index (κ2) is 23.3. The van der Waals surface area contributed by atoms with Crippen molar-refractivity contribution in [1.29, 1.82) is 0 Å². The van der Waals surface area contributed by atoms with Crippen LogP contribution in [-0.4, -0.2) is 84.7 Å². The van der Waals surface area contributed by atoms with Gasteiger partial charge in [-0.15, -0.1) is 0 Å². The summed E-state index contributed by atoms with van der Waals surface area (Å²) < 4.78 is 43.2. The predicted molar refractivity (Wildman–Crippen MR) is 146 cm³/mol. The molecule has 1 saturated heterocycles. The summed E-state index contributed by atoms with van der Waals surface area (Å²) in [6.07, 6.45) is -8.75. The maximum Gasteiger partial charge on any atom is 1.00 e. The van der Waals surface area contributed by atoms with E-state index in [2.05, 4.69) is 0 Å². The molecule has 0 saturated carbocycles. The fraction of sp³-hybridized carbons (Fsp3) is 0.647. The van der Waals surface area contributed by atoms with Gasteiger partial charge >= 0.3 is 118 Å². The van der Waals surface area contributed by atoms with E-state index in [1.165, 1.54) is 7.11 Å². The molecule has 2 aliphatic rings. The average molecular weight is 731 g/mol. The zero-order chi connectivity index (χ0) is 26.4. The van der Waals surface area contributed by atoms with E-state index in [1.807, 2.05) is 0 Å². The number of hydrogen-bond donors (Lipinski definition) is 2. The van der Waals surface area contributed by atoms with Crippen LogP contribution in [0.4, 0.5) is 0 Å². The Morgan fingerprint density at radius 2 is 1.33 bits per heavy atom. The van der Waals surface area contributed by atoms with Crippen molar-refractivity contribution in [1.82, 2.24) is 0 Å². The van der Waals surface area contributed by atoms with E-state index in [9.17, 15) is 10.2 Å². The van der Waals surface area contributed by atoms with Crippen LogP contribution in [0.25, 0.3) is 0 Å². The number of methoxy groups -OCH3 is 1. The first-order chi connectivity index (χ1) is 16.4. The van der Waals surface area contributed by atoms with Crippen LogP contribution >= 0.6 is 48.9 Å². The van der Waals surface area contributed by atoms with Crippen LogP contribution in [0.2, 0.25) is 0 Å². The summed E-state index contributed by atoms with van der Waals surface area (Å²) in [6, 6.07) is 0. The van der Waals surface area contributed by atoms with Crippen molar-refractivity contribution in [2.75, 3.05) is 13.7 Å². The van der Waals surface area contributed by atoms with Crippen molar-refractivity contribution in [3.8, 4) is 0 Å². The maximum atomic E-state index is 10.9. The largest absolute Gasteiger partial charge is 1.00 e. The molecule has 10 nitrogen and oxygen atoms in total. The SMILES string of the molecule is COC1OC(CO)C(OC2OC(OC(=S)[S-])C(C)C(O)C2OC(=S)[S-])C(OC(=S)[S-])=C1OC(=S)[S-].[Na+].[Na+].[Na+].[Na+]. The van der Waals surface area contributed by atoms with E-state index in [0.717, 1.165) is 0 Å². The van der Waals surface area contributed by atoms with Gasteiger partial charge in [0.2, 0.25) is 18.9 Å². The Bertz CT molecular complexity index is 875. The van der Waals surface area contributed by atoms with Gasteiger partial charge in [0.25, 0.3) is 0 Å². The predicted octanol–water partition coefficient (Wildman–Crippen LogP) is -11.6. The first kappa shape index (κ1) is 47.3. The van der Waals surface area contributed by atoms with E-state index in [1.54, 1.807) is 6.92 Å². The summed E-state index contributed by atoms with van der Waals surface area (Å²) in [7, 11) is 1.30. The van der Waals surface area contributed by atoms with Gasteiger partial charge in [0.1, 0.15) is 12.2 Å². The topological polar surface area (TPSA) is 114 Å². The fourth-order valence-corrected chi connectivity index (χ4v) is 4.00. The van der Waals surface area contributed by atoms with E-state index in [-0.39, 0.29) is 147 Å². The minimum absolute atomic E-state index is 0. The maximum absolute atomic E-state index is 10.9. The molecule has 22 heteroatoms. The Hall–Kier alpha value is 3.94. The molecule has 0 radical (unpaired) electrons. The third kappa shape index (κ3) is 14.5. The van der Waals surface area contributed by atoms with Gasteiger partial charge in [-0.25, -0.2) is 0 Å². The number of aliphatic hydroxyl groups excluding tert-OH is 2. The summed E-state index contributed by atoms with van der Waals surface area (Å²) in [5.74, 6) is -1.01. The zero-order valence-electron chi connectivity index (χ0n) is 21.8. The molecule has 0 aromatic rings. The van der Waals surface area contributed by atoms with Gasteiger partial charge in [-0.3, -0.25) is 0 Å². The molecule has 0 aliphatic carbocycles. The number of hydrogen-bond acceptors (Lipinski definition) is 18. The molecule has 0 aromatic carbocycles. The summed E-state index contributed by atoms with van der Waals surface area (Å²) in [5, 5.41) is 20.9. The standard InChI is InChI=1S/C17H22O10S8.4Na/c1-4-6(19)8(23-14(28)29)13(26-11(4)27-17(34)35)22-7-5(3-18)21-12(20-2)10(25-16(32)33)9(7)24-15(30)31;;;;/h4-8,11-13,18-19H,3H2,1-2H3,(H,28,29)(H,30,31)(H,32,33)(H,34,35);;;;/q;4*+1/p-4. The Morgan fingerprint density at radius 1 is 0.821 bits per heavy atom. The summed E-state index contributed by atoms with van der Waals surface area (Å²) >= 11 is 38.9. The van der Waals surface area contributed by atoms with Crippen molar-refractivity contribution in [3.05, 3.63) is 11.5 Å². The van der Waals surface area contributed by atoms with Crippen LogP contribution in [0.3, 0.4) is 0 Å². The Labute approximate surface area is 358 Å². The van der Waals surface area contributed by atoms with E-state index in [0.29, 0.717) is 0 Å². The van der Waals surface area contributed by atoms with E-state index in [4.69, 9.17) is 137 Å². The van der Waals surface area contributed by atoms with Gasteiger partial charge in [-0.1, -0.05) is 6.92 Å². The van der Waals surface area contributed by atoms with Crippen molar-refractivity contribution in [2.45, 2.75) is 50.2 Å². The van der Waals surface area contributed by atoms with Crippen LogP contribution in [0, 0.1) is 5.92 Å². The van der Waals surface area contributed by atoms with Crippen LogP contribution in [0.1, 0.15) is 6.92 Å². The van der Waals surface area contributed by atoms with E-state index < -0.39 is 55.8 Å². The van der Waals surface area contributed by atoms with Crippen LogP contribution < -0.4 is 118 Å². The first-order valence-electron chi connectivity index (χ1n) is 9.44. The first-order valence-corrected chi connectivity index (χ1v) is 12.7. The fourth-order valence-electron chi connectivity index (χ4n) is 3.23. The van der Waals surface area contributed by atoms with Crippen molar-refractivity contribution in [3.63, 3.8) is 0 Å². The Kier molecular flexibility index (Phi) is 28.3. The minimum Gasteiger partial charge on any atom is -0.502 e. The minimum atomic E-state index is -1.44. The number of thiocarbonyl (C=S) groups is 4. The van der Waals surface area contributed by atoms with Gasteiger partial charge in [-0.2, -0.15) is 0 Å². The quantitative estimate of drug-likeness (QED) is 0.140. The molecule has 8 atom stereocenters. The molecule has 2 heterocycles. The molecule has 2 N–H and O–H groups in total. The van der Waals surface area contributed by atoms with Gasteiger partial charge in [0.05, 0.1) is 6.61 Å². The van der Waals surface area contributed by atoms with E-state index >= 15 is 0 Å².